The van der Waals surface area contributed by atoms with E-state index >= 15 is 0 Å². The molecule has 1 aromatic heterocycles. The second-order valence-corrected chi connectivity index (χ2v) is 6.51. The number of aromatic nitrogens is 2. The van der Waals surface area contributed by atoms with E-state index in [1.165, 1.54) is 6.07 Å². The van der Waals surface area contributed by atoms with Gasteiger partial charge >= 0.3 is 6.18 Å². The van der Waals surface area contributed by atoms with Crippen LogP contribution in [-0.4, -0.2) is 10.1 Å². The average molecular weight is 327 g/mol. The van der Waals surface area contributed by atoms with Gasteiger partial charge in [-0.25, -0.2) is 0 Å². The number of hydrogen-bond donors (Lipinski definition) is 1. The topological polar surface area (TPSA) is 51.0 Å². The largest absolute Gasteiger partial charge is 0.416 e. The van der Waals surface area contributed by atoms with Crippen molar-refractivity contribution in [2.45, 2.75) is 51.9 Å². The molecule has 0 fully saturated rings. The Morgan fingerprint density at radius 2 is 1.91 bits per heavy atom. The van der Waals surface area contributed by atoms with Crippen molar-refractivity contribution in [3.8, 4) is 0 Å². The number of rotatable bonds is 4. The molecule has 0 radical (unpaired) electrons. The lowest BCUT2D eigenvalue weighted by Crippen LogP contribution is -2.19. The number of benzene rings is 1. The van der Waals surface area contributed by atoms with Gasteiger partial charge in [0.05, 0.1) is 11.6 Å². The van der Waals surface area contributed by atoms with Crippen LogP contribution in [0.1, 0.15) is 56.6 Å². The molecule has 0 bridgehead atoms. The molecule has 2 rings (SSSR count). The first-order chi connectivity index (χ1) is 10.6. The number of nitrogens with one attached hydrogen (secondary N) is 1. The quantitative estimate of drug-likeness (QED) is 0.913. The lowest BCUT2D eigenvalue weighted by molar-refractivity contribution is -0.137. The maximum Gasteiger partial charge on any atom is 0.416 e. The predicted octanol–water partition coefficient (Wildman–Crippen LogP) is 4.24. The Morgan fingerprint density at radius 3 is 2.48 bits per heavy atom. The van der Waals surface area contributed by atoms with Gasteiger partial charge in [0.1, 0.15) is 0 Å². The third-order valence-electron chi connectivity index (χ3n) is 3.35. The van der Waals surface area contributed by atoms with E-state index in [1.807, 2.05) is 27.7 Å². The standard InChI is InChI=1S/C16H20F3N3O/c1-10(13-21-14(22-23-13)15(2,3)4)20-9-11-6-5-7-12(8-11)16(17,18)19/h5-8,10,20H,9H2,1-4H3/t10-/m0/s1. The Bertz CT molecular complexity index is 659. The van der Waals surface area contributed by atoms with Gasteiger partial charge in [-0.1, -0.05) is 44.1 Å². The van der Waals surface area contributed by atoms with Gasteiger partial charge in [-0.2, -0.15) is 18.2 Å². The van der Waals surface area contributed by atoms with Gasteiger partial charge in [0, 0.05) is 12.0 Å². The molecule has 0 amide bonds. The van der Waals surface area contributed by atoms with Crippen molar-refractivity contribution in [1.29, 1.82) is 0 Å². The van der Waals surface area contributed by atoms with Crippen molar-refractivity contribution in [1.82, 2.24) is 15.5 Å². The van der Waals surface area contributed by atoms with Gasteiger partial charge in [0.2, 0.25) is 5.89 Å². The van der Waals surface area contributed by atoms with E-state index < -0.39 is 11.7 Å². The summed E-state index contributed by atoms with van der Waals surface area (Å²) in [6.07, 6.45) is -4.34. The summed E-state index contributed by atoms with van der Waals surface area (Å²) in [7, 11) is 0. The van der Waals surface area contributed by atoms with Gasteiger partial charge in [-0.05, 0) is 18.6 Å². The van der Waals surface area contributed by atoms with Crippen molar-refractivity contribution in [2.75, 3.05) is 0 Å². The third-order valence-corrected chi connectivity index (χ3v) is 3.35. The summed E-state index contributed by atoms with van der Waals surface area (Å²) in [6.45, 7) is 8.03. The first-order valence-electron chi connectivity index (χ1n) is 7.31. The zero-order valence-corrected chi connectivity index (χ0v) is 13.5. The normalized spacial score (nSPS) is 14.0. The summed E-state index contributed by atoms with van der Waals surface area (Å²) in [6, 6.07) is 4.97. The van der Waals surface area contributed by atoms with Crippen molar-refractivity contribution in [2.24, 2.45) is 0 Å². The fourth-order valence-electron chi connectivity index (χ4n) is 1.93. The second-order valence-electron chi connectivity index (χ2n) is 6.51. The van der Waals surface area contributed by atoms with E-state index in [2.05, 4.69) is 15.5 Å². The monoisotopic (exact) mass is 327 g/mol. The molecule has 1 heterocycles. The van der Waals surface area contributed by atoms with Crippen molar-refractivity contribution >= 4 is 0 Å². The molecular formula is C16H20F3N3O. The second kappa shape index (κ2) is 6.31. The molecule has 1 atom stereocenters. The molecule has 126 valence electrons. The van der Waals surface area contributed by atoms with Crippen LogP contribution in [0, 0.1) is 0 Å². The Morgan fingerprint density at radius 1 is 1.22 bits per heavy atom. The molecule has 0 saturated carbocycles. The molecular weight excluding hydrogens is 307 g/mol. The fraction of sp³-hybridized carbons (Fsp3) is 0.500. The lowest BCUT2D eigenvalue weighted by atomic mass is 9.96. The minimum absolute atomic E-state index is 0.220. The van der Waals surface area contributed by atoms with Gasteiger partial charge in [0.15, 0.2) is 5.82 Å². The first kappa shape index (κ1) is 17.5. The maximum atomic E-state index is 12.7. The minimum Gasteiger partial charge on any atom is -0.338 e. The molecule has 0 aliphatic carbocycles. The lowest BCUT2D eigenvalue weighted by Gasteiger charge is -2.13. The molecule has 7 heteroatoms. The molecule has 0 saturated heterocycles. The number of nitrogens with zero attached hydrogens (tertiary/aromatic N) is 2. The number of halogens is 3. The van der Waals surface area contributed by atoms with E-state index in [1.54, 1.807) is 6.07 Å². The van der Waals surface area contributed by atoms with Crippen LogP contribution in [0.25, 0.3) is 0 Å². The highest BCUT2D eigenvalue weighted by Crippen LogP contribution is 2.29. The average Bonchev–Trinajstić information content (AvgIpc) is 2.94. The molecule has 23 heavy (non-hydrogen) atoms. The zero-order valence-electron chi connectivity index (χ0n) is 13.5. The first-order valence-corrected chi connectivity index (χ1v) is 7.31. The summed E-state index contributed by atoms with van der Waals surface area (Å²) in [5.74, 6) is 1.02. The molecule has 4 nitrogen and oxygen atoms in total. The minimum atomic E-state index is -4.34. The molecule has 2 aromatic rings. The van der Waals surface area contributed by atoms with Crippen LogP contribution >= 0.6 is 0 Å². The molecule has 1 aromatic carbocycles. The highest BCUT2D eigenvalue weighted by Gasteiger charge is 2.30. The van der Waals surface area contributed by atoms with Crippen LogP contribution in [0.3, 0.4) is 0 Å². The zero-order chi connectivity index (χ0) is 17.3. The van der Waals surface area contributed by atoms with E-state index in [9.17, 15) is 13.2 Å². The van der Waals surface area contributed by atoms with Crippen LogP contribution in [0.15, 0.2) is 28.8 Å². The van der Waals surface area contributed by atoms with Crippen molar-refractivity contribution in [3.63, 3.8) is 0 Å². The predicted molar refractivity (Wildman–Crippen MR) is 79.7 cm³/mol. The number of hydrogen-bond acceptors (Lipinski definition) is 4. The molecule has 1 N–H and O–H groups in total. The van der Waals surface area contributed by atoms with Crippen LogP contribution in [0.4, 0.5) is 13.2 Å². The highest BCUT2D eigenvalue weighted by atomic mass is 19.4. The van der Waals surface area contributed by atoms with Crippen LogP contribution in [-0.2, 0) is 18.1 Å². The maximum absolute atomic E-state index is 12.7. The summed E-state index contributed by atoms with van der Waals surface area (Å²) >= 11 is 0. The fourth-order valence-corrected chi connectivity index (χ4v) is 1.93. The molecule has 0 unspecified atom stereocenters. The molecule has 0 spiro atoms. The van der Waals surface area contributed by atoms with Gasteiger partial charge in [0.25, 0.3) is 0 Å². The summed E-state index contributed by atoms with van der Waals surface area (Å²) < 4.78 is 43.3. The highest BCUT2D eigenvalue weighted by molar-refractivity contribution is 5.25. The Balaban J connectivity index is 2.02. The van der Waals surface area contributed by atoms with Gasteiger partial charge in [-0.3, -0.25) is 0 Å². The summed E-state index contributed by atoms with van der Waals surface area (Å²) in [5.41, 5.74) is -0.331. The van der Waals surface area contributed by atoms with Gasteiger partial charge in [-0.15, -0.1) is 0 Å². The number of alkyl halides is 3. The van der Waals surface area contributed by atoms with Crippen molar-refractivity contribution < 1.29 is 17.7 Å². The van der Waals surface area contributed by atoms with E-state index in [0.717, 1.165) is 12.1 Å². The summed E-state index contributed by atoms with van der Waals surface area (Å²) in [5, 5.41) is 7.03. The summed E-state index contributed by atoms with van der Waals surface area (Å²) in [4.78, 5) is 4.33. The smallest absolute Gasteiger partial charge is 0.338 e. The SMILES string of the molecule is C[C@H](NCc1cccc(C(F)(F)F)c1)c1nc(C(C)(C)C)no1. The third kappa shape index (κ3) is 4.54. The Kier molecular flexibility index (Phi) is 4.79. The van der Waals surface area contributed by atoms with E-state index in [-0.39, 0.29) is 18.0 Å². The van der Waals surface area contributed by atoms with Gasteiger partial charge < -0.3 is 9.84 Å². The molecule has 0 aliphatic rings. The molecule has 0 aliphatic heterocycles. The Labute approximate surface area is 133 Å². The van der Waals surface area contributed by atoms with E-state index in [0.29, 0.717) is 17.3 Å². The van der Waals surface area contributed by atoms with Crippen molar-refractivity contribution in [3.05, 3.63) is 47.1 Å². The Hall–Kier alpha value is -1.89. The van der Waals surface area contributed by atoms with Crippen LogP contribution in [0.2, 0.25) is 0 Å². The van der Waals surface area contributed by atoms with Crippen LogP contribution < -0.4 is 5.32 Å². The van der Waals surface area contributed by atoms with E-state index in [4.69, 9.17) is 4.52 Å². The van der Waals surface area contributed by atoms with Crippen LogP contribution in [0.5, 0.6) is 0 Å².